The Hall–Kier alpha value is -6.02. The van der Waals surface area contributed by atoms with Crippen LogP contribution in [0, 0.1) is 11.8 Å². The van der Waals surface area contributed by atoms with Crippen molar-refractivity contribution in [1.82, 2.24) is 42.5 Å². The van der Waals surface area contributed by atoms with Gasteiger partial charge in [0.2, 0.25) is 35.4 Å². The molecule has 0 radical (unpaired) electrons. The molecule has 2 aromatic rings. The topological polar surface area (TPSA) is 251 Å². The van der Waals surface area contributed by atoms with Gasteiger partial charge < -0.3 is 52.0 Å². The Labute approximate surface area is 393 Å². The van der Waals surface area contributed by atoms with Gasteiger partial charge in [-0.2, -0.15) is 0 Å². The molecule has 358 valence electrons. The van der Waals surface area contributed by atoms with E-state index in [1.54, 1.807) is 74.5 Å². The molecule has 0 saturated carbocycles. The molecule has 0 aliphatic carbocycles. The van der Waals surface area contributed by atoms with Crippen LogP contribution in [0.4, 0.5) is 0 Å². The lowest BCUT2D eigenvalue weighted by Gasteiger charge is -2.26. The second-order valence-electron chi connectivity index (χ2n) is 16.4. The van der Waals surface area contributed by atoms with Crippen LogP contribution in [0.25, 0.3) is 0 Å². The van der Waals surface area contributed by atoms with Crippen LogP contribution in [0.15, 0.2) is 84.5 Å². The van der Waals surface area contributed by atoms with Crippen molar-refractivity contribution >= 4 is 69.0 Å². The largest absolute Gasteiger partial charge is 0.461 e. The Bertz CT molecular complexity index is 1930. The highest BCUT2D eigenvalue weighted by Crippen LogP contribution is 2.24. The number of carbonyl (C=O) groups excluding carboxylic acids is 8. The molecule has 0 fully saturated rings. The first-order valence-electron chi connectivity index (χ1n) is 22.0. The Kier molecular flexibility index (Phi) is 21.4. The highest BCUT2D eigenvalue weighted by molar-refractivity contribution is 8.76. The quantitative estimate of drug-likeness (QED) is 0.112. The van der Waals surface area contributed by atoms with Crippen molar-refractivity contribution in [1.29, 1.82) is 0 Å². The number of nitrogens with one attached hydrogen (secondary N) is 8. The fourth-order valence-corrected chi connectivity index (χ4v) is 9.12. The maximum Gasteiger partial charge on any atom is 0.356 e. The molecule has 6 amide bonds. The van der Waals surface area contributed by atoms with Gasteiger partial charge in [0.1, 0.15) is 47.6 Å². The number of hydrogen-bond donors (Lipinski definition) is 8. The summed E-state index contributed by atoms with van der Waals surface area (Å²) in [7, 11) is 2.33. The van der Waals surface area contributed by atoms with E-state index < -0.39 is 83.6 Å². The van der Waals surface area contributed by atoms with E-state index in [0.717, 1.165) is 12.4 Å². The number of fused-ring (bicyclic) bond motifs is 5. The zero-order valence-electron chi connectivity index (χ0n) is 38.1. The Morgan fingerprint density at radius 3 is 1.21 bits per heavy atom. The molecular weight excluding hydrogens is 889 g/mol. The number of benzene rings is 2. The highest BCUT2D eigenvalue weighted by Gasteiger charge is 2.34. The van der Waals surface area contributed by atoms with E-state index in [2.05, 4.69) is 42.5 Å². The molecular formula is C46H62N8O10S2. The second-order valence-corrected chi connectivity index (χ2v) is 19.0. The normalized spacial score (nSPS) is 24.6. The standard InChI is InChI=1S/C46H62N8O10S2/c1-7-63-45(61)35-23-47-37-25-65-66-26-38(44(60)52-33(21-29-15-11-9-12-16-29)41(57)49-31(19-27(3)4)39(55)53-35)48-24-36(46(62)64-8-2)54-40(56)32(20-28(5)6)50-42(58)34(51-43(37)59)22-30-17-13-10-14-18-30/h9-18,23-24,27-28,31-34,37-38,47-48H,7-8,19-22,25-26H2,1-6H3,(H,49,57)(H,50,58)(H,51,59)(H,52,60)(H,53,55)(H,54,56)/b35-23-,36-24+/t31-,32-,33-,34-,37-,38-/m0/s1. The lowest BCUT2D eigenvalue weighted by Crippen LogP contribution is -2.58. The summed E-state index contributed by atoms with van der Waals surface area (Å²) in [5.41, 5.74) is 0.688. The monoisotopic (exact) mass is 950 g/mol. The molecule has 4 rings (SSSR count). The van der Waals surface area contributed by atoms with E-state index in [1.807, 2.05) is 27.7 Å². The van der Waals surface area contributed by atoms with Crippen molar-refractivity contribution in [2.75, 3.05) is 24.7 Å². The van der Waals surface area contributed by atoms with Crippen LogP contribution in [-0.4, -0.2) is 108 Å². The third kappa shape index (κ3) is 17.1. The predicted molar refractivity (Wildman–Crippen MR) is 251 cm³/mol. The molecule has 2 aliphatic rings. The van der Waals surface area contributed by atoms with E-state index in [0.29, 0.717) is 11.1 Å². The first kappa shape index (κ1) is 52.6. The van der Waals surface area contributed by atoms with Crippen molar-refractivity contribution < 1.29 is 47.8 Å². The average Bonchev–Trinajstić information content (AvgIpc) is 3.27. The molecule has 2 aliphatic heterocycles. The minimum Gasteiger partial charge on any atom is -0.461 e. The van der Waals surface area contributed by atoms with Crippen LogP contribution in [-0.2, 0) is 60.7 Å². The third-order valence-electron chi connectivity index (χ3n) is 10.1. The molecule has 2 heterocycles. The Balaban J connectivity index is 1.90. The van der Waals surface area contributed by atoms with Gasteiger partial charge in [0, 0.05) is 36.7 Å². The van der Waals surface area contributed by atoms with E-state index in [1.165, 1.54) is 21.6 Å². The van der Waals surface area contributed by atoms with Crippen LogP contribution >= 0.6 is 21.6 Å². The van der Waals surface area contributed by atoms with Gasteiger partial charge in [0.05, 0.1) is 13.2 Å². The molecule has 2 aromatic carbocycles. The van der Waals surface area contributed by atoms with E-state index >= 15 is 0 Å². The lowest BCUT2D eigenvalue weighted by molar-refractivity contribution is -0.141. The summed E-state index contributed by atoms with van der Waals surface area (Å²) >= 11 is 0. The van der Waals surface area contributed by atoms with E-state index in [4.69, 9.17) is 9.47 Å². The molecule has 0 spiro atoms. The first-order valence-corrected chi connectivity index (χ1v) is 24.5. The second kappa shape index (κ2) is 26.8. The minimum atomic E-state index is -1.23. The number of esters is 2. The van der Waals surface area contributed by atoms with Gasteiger partial charge in [-0.1, -0.05) is 110 Å². The average molecular weight is 951 g/mol. The zero-order valence-corrected chi connectivity index (χ0v) is 39.7. The van der Waals surface area contributed by atoms with Crippen LogP contribution in [0.3, 0.4) is 0 Å². The zero-order chi connectivity index (χ0) is 48.2. The van der Waals surface area contributed by atoms with Gasteiger partial charge in [-0.15, -0.1) is 0 Å². The summed E-state index contributed by atoms with van der Waals surface area (Å²) in [5.74, 6) is -6.40. The van der Waals surface area contributed by atoms with Crippen molar-refractivity contribution in [2.45, 2.75) is 103 Å². The summed E-state index contributed by atoms with van der Waals surface area (Å²) < 4.78 is 10.5. The van der Waals surface area contributed by atoms with Crippen molar-refractivity contribution in [3.63, 3.8) is 0 Å². The number of amides is 6. The molecule has 6 atom stereocenters. The number of carbonyl (C=O) groups is 8. The smallest absolute Gasteiger partial charge is 0.356 e. The maximum absolute atomic E-state index is 14.4. The van der Waals surface area contributed by atoms with Crippen molar-refractivity contribution in [3.05, 3.63) is 95.6 Å². The van der Waals surface area contributed by atoms with E-state index in [-0.39, 0.29) is 73.6 Å². The van der Waals surface area contributed by atoms with Gasteiger partial charge in [0.25, 0.3) is 0 Å². The summed E-state index contributed by atoms with van der Waals surface area (Å²) in [6.45, 7) is 10.5. The van der Waals surface area contributed by atoms with Gasteiger partial charge in [0.15, 0.2) is 0 Å². The summed E-state index contributed by atoms with van der Waals surface area (Å²) in [6.07, 6.45) is 2.59. The van der Waals surface area contributed by atoms with E-state index in [9.17, 15) is 38.4 Å². The predicted octanol–water partition coefficient (Wildman–Crippen LogP) is 1.87. The number of hydrogen-bond acceptors (Lipinski definition) is 14. The molecule has 0 aromatic heterocycles. The fraction of sp³-hybridized carbons (Fsp3) is 0.478. The van der Waals surface area contributed by atoms with Crippen LogP contribution < -0.4 is 42.5 Å². The van der Waals surface area contributed by atoms with Crippen LogP contribution in [0.2, 0.25) is 0 Å². The fourth-order valence-electron chi connectivity index (χ4n) is 6.76. The molecule has 18 nitrogen and oxygen atoms in total. The van der Waals surface area contributed by atoms with Crippen molar-refractivity contribution in [2.24, 2.45) is 11.8 Å². The maximum atomic E-state index is 14.4. The molecule has 66 heavy (non-hydrogen) atoms. The SMILES string of the molecule is CCOC(=O)/C1=C/N[C@H]2CSSC[C@H](N/C=C(\C(=O)OCC)NC(=O)[C@H](CC(C)C)NC(=O)[C@H](Cc3ccccc3)NC2=O)C(=O)N[C@@H](Cc2ccccc2)C(=O)N[C@@H](CC(C)C)C(=O)N1. The first-order chi connectivity index (χ1) is 31.6. The van der Waals surface area contributed by atoms with Crippen LogP contribution in [0.5, 0.6) is 0 Å². The Morgan fingerprint density at radius 1 is 0.530 bits per heavy atom. The van der Waals surface area contributed by atoms with Gasteiger partial charge in [-0.3, -0.25) is 28.8 Å². The lowest BCUT2D eigenvalue weighted by atomic mass is 10.0. The minimum absolute atomic E-state index is 0.0162. The molecule has 0 saturated heterocycles. The molecule has 8 N–H and O–H groups in total. The number of rotatable bonds is 12. The Morgan fingerprint density at radius 2 is 0.879 bits per heavy atom. The molecule has 2 bridgehead atoms. The molecule has 0 unspecified atom stereocenters. The van der Waals surface area contributed by atoms with Gasteiger partial charge in [-0.05, 0) is 49.7 Å². The summed E-state index contributed by atoms with van der Waals surface area (Å²) in [5, 5.41) is 22.2. The third-order valence-corrected chi connectivity index (χ3v) is 12.5. The number of ether oxygens (including phenoxy) is 2. The van der Waals surface area contributed by atoms with Gasteiger partial charge in [-0.25, -0.2) is 9.59 Å². The van der Waals surface area contributed by atoms with Gasteiger partial charge >= 0.3 is 11.9 Å². The molecule has 20 heteroatoms. The summed E-state index contributed by atoms with van der Waals surface area (Å²) in [4.78, 5) is 112. The summed E-state index contributed by atoms with van der Waals surface area (Å²) in [6, 6.07) is 10.6. The van der Waals surface area contributed by atoms with Crippen molar-refractivity contribution in [3.8, 4) is 0 Å². The van der Waals surface area contributed by atoms with Crippen LogP contribution in [0.1, 0.15) is 65.5 Å². The highest BCUT2D eigenvalue weighted by atomic mass is 33.1.